The molecule has 0 heterocycles. The second kappa shape index (κ2) is 5.41. The summed E-state index contributed by atoms with van der Waals surface area (Å²) in [4.78, 5) is 2.19. The van der Waals surface area contributed by atoms with Crippen LogP contribution in [-0.4, -0.2) is 30.6 Å². The molecule has 1 aromatic rings. The van der Waals surface area contributed by atoms with Crippen LogP contribution in [0, 0.1) is 11.8 Å². The molecule has 0 radical (unpaired) electrons. The van der Waals surface area contributed by atoms with Crippen LogP contribution in [0.5, 0.6) is 0 Å². The van der Waals surface area contributed by atoms with Crippen LogP contribution >= 0.6 is 0 Å². The maximum Gasteiger partial charge on any atom is 0.0936 e. The van der Waals surface area contributed by atoms with Crippen LogP contribution < -0.4 is 0 Å². The lowest BCUT2D eigenvalue weighted by atomic mass is 9.68. The molecule has 0 aliphatic heterocycles. The van der Waals surface area contributed by atoms with Gasteiger partial charge in [0.05, 0.1) is 5.60 Å². The quantitative estimate of drug-likeness (QED) is 0.888. The average Bonchev–Trinajstić information content (AvgIpc) is 2.34. The smallest absolute Gasteiger partial charge is 0.0936 e. The minimum Gasteiger partial charge on any atom is -0.385 e. The minimum atomic E-state index is -0.641. The number of aliphatic hydroxyl groups is 1. The Morgan fingerprint density at radius 2 is 1.94 bits per heavy atom. The van der Waals surface area contributed by atoms with Crippen molar-refractivity contribution in [2.75, 3.05) is 20.6 Å². The fourth-order valence-corrected chi connectivity index (χ4v) is 3.24. The molecule has 0 aromatic heterocycles. The summed E-state index contributed by atoms with van der Waals surface area (Å²) in [6.45, 7) is 3.25. The van der Waals surface area contributed by atoms with Crippen molar-refractivity contribution < 1.29 is 5.11 Å². The standard InChI is InChI=1S/C16H25NO/c1-13-9-10-16(18,14-7-5-4-6-8-14)15(11-13)12-17(2)3/h4-8,13,15,18H,9-12H2,1-3H3. The molecule has 2 nitrogen and oxygen atoms in total. The van der Waals surface area contributed by atoms with Gasteiger partial charge in [-0.2, -0.15) is 0 Å². The Kier molecular flexibility index (Phi) is 4.08. The topological polar surface area (TPSA) is 23.5 Å². The predicted octanol–water partition coefficient (Wildman–Crippen LogP) is 2.87. The van der Waals surface area contributed by atoms with Gasteiger partial charge >= 0.3 is 0 Å². The summed E-state index contributed by atoms with van der Waals surface area (Å²) in [6.07, 6.45) is 3.12. The van der Waals surface area contributed by atoms with E-state index in [4.69, 9.17) is 0 Å². The first-order valence-electron chi connectivity index (χ1n) is 6.95. The van der Waals surface area contributed by atoms with Crippen LogP contribution in [-0.2, 0) is 5.60 Å². The molecular formula is C16H25NO. The number of benzene rings is 1. The summed E-state index contributed by atoms with van der Waals surface area (Å²) < 4.78 is 0. The monoisotopic (exact) mass is 247 g/mol. The summed E-state index contributed by atoms with van der Waals surface area (Å²) in [7, 11) is 4.18. The maximum absolute atomic E-state index is 11.1. The highest BCUT2D eigenvalue weighted by Gasteiger charge is 2.42. The molecule has 3 unspecified atom stereocenters. The van der Waals surface area contributed by atoms with E-state index in [2.05, 4.69) is 38.1 Å². The molecule has 2 rings (SSSR count). The third-order valence-corrected chi connectivity index (χ3v) is 4.24. The van der Waals surface area contributed by atoms with Gasteiger partial charge in [-0.3, -0.25) is 0 Å². The molecule has 1 aliphatic rings. The van der Waals surface area contributed by atoms with Crippen LogP contribution in [0.2, 0.25) is 0 Å². The SMILES string of the molecule is CC1CCC(O)(c2ccccc2)C(CN(C)C)C1. The highest BCUT2D eigenvalue weighted by Crippen LogP contribution is 2.43. The predicted molar refractivity (Wildman–Crippen MR) is 75.4 cm³/mol. The van der Waals surface area contributed by atoms with Gasteiger partial charge in [0.25, 0.3) is 0 Å². The van der Waals surface area contributed by atoms with Crippen LogP contribution in [0.1, 0.15) is 31.7 Å². The normalized spacial score (nSPS) is 32.7. The zero-order valence-corrected chi connectivity index (χ0v) is 11.8. The molecule has 3 atom stereocenters. The Morgan fingerprint density at radius 3 is 2.56 bits per heavy atom. The molecule has 1 saturated carbocycles. The van der Waals surface area contributed by atoms with E-state index < -0.39 is 5.60 Å². The number of rotatable bonds is 3. The van der Waals surface area contributed by atoms with Crippen molar-refractivity contribution in [3.63, 3.8) is 0 Å². The summed E-state index contributed by atoms with van der Waals surface area (Å²) in [5, 5.41) is 11.1. The van der Waals surface area contributed by atoms with Crippen LogP contribution in [0.15, 0.2) is 30.3 Å². The van der Waals surface area contributed by atoms with E-state index in [1.807, 2.05) is 18.2 Å². The molecule has 100 valence electrons. The lowest BCUT2D eigenvalue weighted by molar-refractivity contribution is -0.0732. The lowest BCUT2D eigenvalue weighted by Gasteiger charge is -2.44. The van der Waals surface area contributed by atoms with E-state index in [1.165, 1.54) is 0 Å². The Balaban J connectivity index is 2.27. The molecule has 0 bridgehead atoms. The third-order valence-electron chi connectivity index (χ3n) is 4.24. The van der Waals surface area contributed by atoms with Crippen LogP contribution in [0.3, 0.4) is 0 Å². The molecule has 1 aromatic carbocycles. The number of nitrogens with zero attached hydrogens (tertiary/aromatic N) is 1. The average molecular weight is 247 g/mol. The van der Waals surface area contributed by atoms with Crippen molar-refractivity contribution in [2.24, 2.45) is 11.8 Å². The molecule has 18 heavy (non-hydrogen) atoms. The van der Waals surface area contributed by atoms with Crippen molar-refractivity contribution in [3.05, 3.63) is 35.9 Å². The molecule has 2 heteroatoms. The second-order valence-electron chi connectivity index (χ2n) is 6.13. The second-order valence-corrected chi connectivity index (χ2v) is 6.13. The molecule has 0 amide bonds. The van der Waals surface area contributed by atoms with Gasteiger partial charge in [0.2, 0.25) is 0 Å². The largest absolute Gasteiger partial charge is 0.385 e. The molecule has 0 saturated heterocycles. The first kappa shape index (κ1) is 13.6. The Bertz CT molecular complexity index is 374. The fourth-order valence-electron chi connectivity index (χ4n) is 3.24. The van der Waals surface area contributed by atoms with E-state index in [1.54, 1.807) is 0 Å². The van der Waals surface area contributed by atoms with Crippen LogP contribution in [0.25, 0.3) is 0 Å². The van der Waals surface area contributed by atoms with Crippen molar-refractivity contribution in [1.82, 2.24) is 4.90 Å². The van der Waals surface area contributed by atoms with E-state index in [0.717, 1.165) is 37.3 Å². The van der Waals surface area contributed by atoms with E-state index in [0.29, 0.717) is 5.92 Å². The van der Waals surface area contributed by atoms with E-state index in [-0.39, 0.29) is 0 Å². The van der Waals surface area contributed by atoms with Gasteiger partial charge in [-0.25, -0.2) is 0 Å². The van der Waals surface area contributed by atoms with Crippen molar-refractivity contribution >= 4 is 0 Å². The molecular weight excluding hydrogens is 222 g/mol. The van der Waals surface area contributed by atoms with Gasteiger partial charge < -0.3 is 10.0 Å². The first-order chi connectivity index (χ1) is 8.52. The van der Waals surface area contributed by atoms with Gasteiger partial charge in [-0.1, -0.05) is 37.3 Å². The highest BCUT2D eigenvalue weighted by atomic mass is 16.3. The molecule has 1 N–H and O–H groups in total. The van der Waals surface area contributed by atoms with Crippen molar-refractivity contribution in [3.8, 4) is 0 Å². The van der Waals surface area contributed by atoms with E-state index in [9.17, 15) is 5.11 Å². The summed E-state index contributed by atoms with van der Waals surface area (Å²) >= 11 is 0. The molecule has 1 aliphatic carbocycles. The Labute approximate surface area is 111 Å². The van der Waals surface area contributed by atoms with Gasteiger partial charge in [0.1, 0.15) is 0 Å². The summed E-state index contributed by atoms with van der Waals surface area (Å²) in [5.41, 5.74) is 0.446. The maximum atomic E-state index is 11.1. The minimum absolute atomic E-state index is 0.332. The fraction of sp³-hybridized carbons (Fsp3) is 0.625. The first-order valence-corrected chi connectivity index (χ1v) is 6.95. The van der Waals surface area contributed by atoms with Gasteiger partial charge in [-0.15, -0.1) is 0 Å². The number of hydrogen-bond donors (Lipinski definition) is 1. The zero-order chi connectivity index (χ0) is 13.2. The summed E-state index contributed by atoms with van der Waals surface area (Å²) in [6, 6.07) is 10.2. The van der Waals surface area contributed by atoms with Crippen LogP contribution in [0.4, 0.5) is 0 Å². The highest BCUT2D eigenvalue weighted by molar-refractivity contribution is 5.24. The lowest BCUT2D eigenvalue weighted by Crippen LogP contribution is -2.44. The van der Waals surface area contributed by atoms with Gasteiger partial charge in [0.15, 0.2) is 0 Å². The van der Waals surface area contributed by atoms with Gasteiger partial charge in [-0.05, 0) is 44.8 Å². The molecule has 0 spiro atoms. The molecule has 1 fully saturated rings. The van der Waals surface area contributed by atoms with Crippen molar-refractivity contribution in [1.29, 1.82) is 0 Å². The summed E-state index contributed by atoms with van der Waals surface area (Å²) in [5.74, 6) is 1.05. The zero-order valence-electron chi connectivity index (χ0n) is 11.8. The Hall–Kier alpha value is -0.860. The third kappa shape index (κ3) is 2.76. The van der Waals surface area contributed by atoms with Gasteiger partial charge in [0, 0.05) is 12.5 Å². The Morgan fingerprint density at radius 1 is 1.28 bits per heavy atom. The van der Waals surface area contributed by atoms with Crippen molar-refractivity contribution in [2.45, 2.75) is 31.8 Å². The number of hydrogen-bond acceptors (Lipinski definition) is 2. The van der Waals surface area contributed by atoms with E-state index >= 15 is 0 Å².